The molecule has 1 aromatic carbocycles. The third kappa shape index (κ3) is 6.41. The number of carbonyl (C=O) groups is 2. The number of halogens is 3. The van der Waals surface area contributed by atoms with Gasteiger partial charge in [0.25, 0.3) is 5.91 Å². The molecule has 0 aliphatic heterocycles. The predicted octanol–water partition coefficient (Wildman–Crippen LogP) is 3.71. The maximum Gasteiger partial charge on any atom is 0.426 e. The minimum Gasteiger partial charge on any atom is -0.444 e. The Labute approximate surface area is 189 Å². The normalized spacial score (nSPS) is 15.8. The van der Waals surface area contributed by atoms with Crippen LogP contribution in [0.5, 0.6) is 0 Å². The van der Waals surface area contributed by atoms with Crippen molar-refractivity contribution in [1.82, 2.24) is 15.3 Å². The molecule has 0 radical (unpaired) electrons. The molecule has 2 amide bonds. The fourth-order valence-electron chi connectivity index (χ4n) is 2.79. The third-order valence-electron chi connectivity index (χ3n) is 4.83. The van der Waals surface area contributed by atoms with Crippen LogP contribution in [-0.2, 0) is 19.8 Å². The summed E-state index contributed by atoms with van der Waals surface area (Å²) in [5.41, 5.74) is 1.03. The Bertz CT molecular complexity index is 995. The average molecular weight is 468 g/mol. The fourth-order valence-corrected chi connectivity index (χ4v) is 2.79. The Kier molecular flexibility index (Phi) is 7.37. The van der Waals surface area contributed by atoms with Crippen molar-refractivity contribution in [2.45, 2.75) is 57.5 Å². The maximum absolute atomic E-state index is 13.6. The maximum atomic E-state index is 13.6. The van der Waals surface area contributed by atoms with Gasteiger partial charge in [-0.2, -0.15) is 13.2 Å². The zero-order valence-corrected chi connectivity index (χ0v) is 19.0. The summed E-state index contributed by atoms with van der Waals surface area (Å²) in [7, 11) is 0. The lowest BCUT2D eigenvalue weighted by Gasteiger charge is -2.36. The number of rotatable bonds is 7. The number of carbonyl (C=O) groups excluding carboxylic acids is 2. The lowest BCUT2D eigenvalue weighted by molar-refractivity contribution is -0.263. The number of alkyl halides is 3. The lowest BCUT2D eigenvalue weighted by atomic mass is 9.90. The number of nitrogens with two attached hydrogens (primary N) is 1. The van der Waals surface area contributed by atoms with Gasteiger partial charge < -0.3 is 20.5 Å². The van der Waals surface area contributed by atoms with Gasteiger partial charge in [0, 0.05) is 18.0 Å². The van der Waals surface area contributed by atoms with Gasteiger partial charge >= 0.3 is 12.3 Å². The van der Waals surface area contributed by atoms with Gasteiger partial charge in [-0.3, -0.25) is 4.79 Å². The Hall–Kier alpha value is -3.21. The Balaban J connectivity index is 2.47. The van der Waals surface area contributed by atoms with Crippen LogP contribution in [0, 0.1) is 0 Å². The van der Waals surface area contributed by atoms with Crippen LogP contribution < -0.4 is 11.1 Å². The first-order valence-electron chi connectivity index (χ1n) is 9.95. The number of aromatic nitrogens is 2. The molecule has 3 N–H and O–H groups in total. The van der Waals surface area contributed by atoms with Gasteiger partial charge in [-0.15, -0.1) is 0 Å². The van der Waals surface area contributed by atoms with Crippen LogP contribution in [0.1, 0.15) is 40.2 Å². The van der Waals surface area contributed by atoms with Crippen molar-refractivity contribution in [2.24, 2.45) is 5.73 Å². The van der Waals surface area contributed by atoms with Gasteiger partial charge in [-0.1, -0.05) is 18.2 Å². The number of primary amides is 1. The van der Waals surface area contributed by atoms with Gasteiger partial charge in [-0.05, 0) is 51.8 Å². The van der Waals surface area contributed by atoms with Crippen molar-refractivity contribution < 1.29 is 32.2 Å². The number of nitrogens with one attached hydrogen (secondary N) is 1. The highest BCUT2D eigenvalue weighted by Gasteiger charge is 2.58. The number of ether oxygens (including phenoxy) is 2. The first kappa shape index (κ1) is 26.0. The van der Waals surface area contributed by atoms with Crippen LogP contribution in [0.4, 0.5) is 18.0 Å². The highest BCUT2D eigenvalue weighted by Crippen LogP contribution is 2.36. The third-order valence-corrected chi connectivity index (χ3v) is 4.83. The molecule has 11 heteroatoms. The predicted molar refractivity (Wildman–Crippen MR) is 114 cm³/mol. The van der Waals surface area contributed by atoms with Crippen LogP contribution in [0.25, 0.3) is 11.1 Å². The fraction of sp³-hybridized carbons (Fsp3) is 0.455. The molecule has 0 spiro atoms. The van der Waals surface area contributed by atoms with Crippen LogP contribution >= 0.6 is 0 Å². The number of amides is 2. The highest BCUT2D eigenvalue weighted by atomic mass is 19.4. The first-order valence-corrected chi connectivity index (χ1v) is 9.95. The molecule has 1 aromatic heterocycles. The van der Waals surface area contributed by atoms with Crippen LogP contribution in [-0.4, -0.2) is 46.0 Å². The summed E-state index contributed by atoms with van der Waals surface area (Å²) in [5.74, 6) is -1.70. The van der Waals surface area contributed by atoms with Crippen molar-refractivity contribution in [3.63, 3.8) is 0 Å². The minimum absolute atomic E-state index is 0.392. The summed E-state index contributed by atoms with van der Waals surface area (Å²) in [6.45, 7) is 6.19. The molecular weight excluding hydrogens is 441 g/mol. The molecule has 2 unspecified atom stereocenters. The summed E-state index contributed by atoms with van der Waals surface area (Å²) in [6.07, 6.45) is -1.47. The lowest BCUT2D eigenvalue weighted by Crippen LogP contribution is -2.58. The molecule has 0 aliphatic carbocycles. The zero-order valence-electron chi connectivity index (χ0n) is 19.0. The molecule has 8 nitrogen and oxygen atoms in total. The minimum atomic E-state index is -5.07. The molecule has 0 saturated heterocycles. The summed E-state index contributed by atoms with van der Waals surface area (Å²) in [6, 6.07) is 6.65. The SMILES string of the molecule is CC(C)(C)OC(=O)NC(C)(COC(C)(C(N)=O)C(F)(F)F)c1cccc(-c2cncnc2)c1. The van der Waals surface area contributed by atoms with Crippen molar-refractivity contribution in [2.75, 3.05) is 6.61 Å². The van der Waals surface area contributed by atoms with Crippen LogP contribution in [0.15, 0.2) is 43.0 Å². The van der Waals surface area contributed by atoms with Crippen LogP contribution in [0.2, 0.25) is 0 Å². The quantitative estimate of drug-likeness (QED) is 0.640. The number of hydrogen-bond acceptors (Lipinski definition) is 6. The van der Waals surface area contributed by atoms with E-state index < -0.39 is 41.5 Å². The smallest absolute Gasteiger partial charge is 0.426 e. The summed E-state index contributed by atoms with van der Waals surface area (Å²) >= 11 is 0. The van der Waals surface area contributed by atoms with Crippen molar-refractivity contribution in [3.05, 3.63) is 48.5 Å². The molecule has 2 rings (SSSR count). The van der Waals surface area contributed by atoms with Gasteiger partial charge in [0.2, 0.25) is 5.60 Å². The van der Waals surface area contributed by atoms with E-state index in [4.69, 9.17) is 15.2 Å². The Morgan fingerprint density at radius 2 is 1.64 bits per heavy atom. The second-order valence-corrected chi connectivity index (χ2v) is 8.85. The number of hydrogen-bond donors (Lipinski definition) is 2. The van der Waals surface area contributed by atoms with E-state index in [0.717, 1.165) is 0 Å². The second-order valence-electron chi connectivity index (χ2n) is 8.85. The highest BCUT2D eigenvalue weighted by molar-refractivity contribution is 5.84. The zero-order chi connectivity index (χ0) is 25.1. The monoisotopic (exact) mass is 468 g/mol. The molecule has 0 saturated carbocycles. The molecule has 0 aliphatic rings. The van der Waals surface area contributed by atoms with E-state index in [0.29, 0.717) is 23.6 Å². The summed E-state index contributed by atoms with van der Waals surface area (Å²) < 4.78 is 51.0. The van der Waals surface area contributed by atoms with E-state index in [1.807, 2.05) is 0 Å². The van der Waals surface area contributed by atoms with Crippen molar-refractivity contribution in [1.29, 1.82) is 0 Å². The van der Waals surface area contributed by atoms with Crippen LogP contribution in [0.3, 0.4) is 0 Å². The molecule has 0 fully saturated rings. The van der Waals surface area contributed by atoms with E-state index in [-0.39, 0.29) is 0 Å². The number of benzene rings is 1. The molecule has 0 bridgehead atoms. The largest absolute Gasteiger partial charge is 0.444 e. The van der Waals surface area contributed by atoms with E-state index >= 15 is 0 Å². The topological polar surface area (TPSA) is 116 Å². The van der Waals surface area contributed by atoms with E-state index in [9.17, 15) is 22.8 Å². The summed E-state index contributed by atoms with van der Waals surface area (Å²) in [4.78, 5) is 32.1. The molecule has 180 valence electrons. The molecule has 1 heterocycles. The van der Waals surface area contributed by atoms with E-state index in [2.05, 4.69) is 15.3 Å². The molecule has 33 heavy (non-hydrogen) atoms. The number of alkyl carbamates (subject to hydrolysis) is 1. The average Bonchev–Trinajstić information content (AvgIpc) is 2.70. The van der Waals surface area contributed by atoms with E-state index in [1.165, 1.54) is 13.3 Å². The van der Waals surface area contributed by atoms with Crippen molar-refractivity contribution in [3.8, 4) is 11.1 Å². The van der Waals surface area contributed by atoms with Crippen molar-refractivity contribution >= 4 is 12.0 Å². The van der Waals surface area contributed by atoms with E-state index in [1.54, 1.807) is 57.4 Å². The van der Waals surface area contributed by atoms with Gasteiger partial charge in [0.15, 0.2) is 0 Å². The first-order chi connectivity index (χ1) is 15.1. The van der Waals surface area contributed by atoms with Gasteiger partial charge in [-0.25, -0.2) is 14.8 Å². The Morgan fingerprint density at radius 3 is 2.15 bits per heavy atom. The molecule has 2 aromatic rings. The number of nitrogens with zero attached hydrogens (tertiary/aromatic N) is 2. The Morgan fingerprint density at radius 1 is 1.03 bits per heavy atom. The summed E-state index contributed by atoms with van der Waals surface area (Å²) in [5, 5.41) is 2.57. The van der Waals surface area contributed by atoms with Gasteiger partial charge in [0.05, 0.1) is 12.1 Å². The standard InChI is InChI=1S/C22H27F3N4O4/c1-19(2,3)33-18(31)29-20(4,12-32-21(5,17(26)30)22(23,24)25)16-8-6-7-14(9-16)15-10-27-13-28-11-15/h6-11,13H,12H2,1-5H3,(H2,26,30)(H,29,31). The molecule has 2 atom stereocenters. The second kappa shape index (κ2) is 9.34. The molecular formula is C22H27F3N4O4. The van der Waals surface area contributed by atoms with Gasteiger partial charge in [0.1, 0.15) is 11.9 Å².